The number of methoxy groups -OCH3 is 1. The molecular weight excluding hydrogens is 396 g/mol. The number of ether oxygens (including phenoxy) is 1. The molecule has 0 atom stereocenters. The maximum atomic E-state index is 5.06. The smallest absolute Gasteiger partial charge is 0.224 e. The number of anilines is 3. The highest BCUT2D eigenvalue weighted by atomic mass is 32.1. The van der Waals surface area contributed by atoms with Crippen LogP contribution in [0.25, 0.3) is 31.4 Å². The van der Waals surface area contributed by atoms with E-state index in [1.54, 1.807) is 24.6 Å². The van der Waals surface area contributed by atoms with E-state index in [2.05, 4.69) is 73.3 Å². The minimum Gasteiger partial charge on any atom is -0.383 e. The first-order valence-electron chi connectivity index (χ1n) is 9.59. The van der Waals surface area contributed by atoms with Crippen LogP contribution in [0.1, 0.15) is 0 Å². The van der Waals surface area contributed by atoms with E-state index in [0.29, 0.717) is 19.1 Å². The molecule has 0 bridgehead atoms. The summed E-state index contributed by atoms with van der Waals surface area (Å²) in [6.45, 7) is 1.24. The van der Waals surface area contributed by atoms with Crippen LogP contribution in [0, 0.1) is 0 Å². The van der Waals surface area contributed by atoms with Gasteiger partial charge in [0, 0.05) is 46.1 Å². The van der Waals surface area contributed by atoms with Crippen molar-refractivity contribution < 1.29 is 4.74 Å². The van der Waals surface area contributed by atoms with E-state index >= 15 is 0 Å². The largest absolute Gasteiger partial charge is 0.383 e. The average molecular weight is 417 g/mol. The molecule has 0 saturated carbocycles. The highest BCUT2D eigenvalue weighted by Gasteiger charge is 2.12. The SMILES string of the molecule is COCCNc1nccc(Nc2cc(-c3cc4ccccc4s3)c3[nH]ncc3c2)n1. The zero-order valence-electron chi connectivity index (χ0n) is 16.3. The lowest BCUT2D eigenvalue weighted by atomic mass is 10.1. The zero-order valence-corrected chi connectivity index (χ0v) is 17.2. The van der Waals surface area contributed by atoms with Crippen molar-refractivity contribution in [3.63, 3.8) is 0 Å². The number of nitrogens with one attached hydrogen (secondary N) is 3. The summed E-state index contributed by atoms with van der Waals surface area (Å²) in [5, 5.41) is 16.2. The van der Waals surface area contributed by atoms with E-state index in [-0.39, 0.29) is 0 Å². The highest BCUT2D eigenvalue weighted by molar-refractivity contribution is 7.22. The number of nitrogens with zero attached hydrogens (tertiary/aromatic N) is 3. The van der Waals surface area contributed by atoms with Crippen molar-refractivity contribution in [2.24, 2.45) is 0 Å². The number of benzene rings is 2. The molecule has 0 aliphatic rings. The van der Waals surface area contributed by atoms with Crippen LogP contribution >= 0.6 is 11.3 Å². The molecule has 0 aliphatic heterocycles. The summed E-state index contributed by atoms with van der Waals surface area (Å²) < 4.78 is 6.32. The minimum atomic E-state index is 0.561. The first kappa shape index (κ1) is 18.5. The van der Waals surface area contributed by atoms with E-state index in [9.17, 15) is 0 Å². The van der Waals surface area contributed by atoms with E-state index in [4.69, 9.17) is 4.74 Å². The first-order chi connectivity index (χ1) is 14.8. The summed E-state index contributed by atoms with van der Waals surface area (Å²) in [6, 6.07) is 16.7. The number of hydrogen-bond acceptors (Lipinski definition) is 7. The predicted octanol–water partition coefficient (Wildman–Crippen LogP) is 5.04. The van der Waals surface area contributed by atoms with E-state index in [1.807, 2.05) is 12.3 Å². The molecule has 0 amide bonds. The molecule has 0 unspecified atom stereocenters. The standard InChI is InChI=1S/C22H20N6OS/c1-29-9-8-24-22-23-7-6-20(27-22)26-16-10-15-13-25-28-21(15)17(12-16)19-11-14-4-2-3-5-18(14)30-19/h2-7,10-13H,8-9H2,1H3,(H,25,28)(H2,23,24,26,27). The second kappa shape index (κ2) is 8.10. The molecule has 5 rings (SSSR count). The van der Waals surface area contributed by atoms with Gasteiger partial charge in [-0.15, -0.1) is 11.3 Å². The van der Waals surface area contributed by atoms with Gasteiger partial charge in [-0.1, -0.05) is 18.2 Å². The summed E-state index contributed by atoms with van der Waals surface area (Å²) in [6.07, 6.45) is 3.57. The Morgan fingerprint density at radius 3 is 2.93 bits per heavy atom. The second-order valence-electron chi connectivity index (χ2n) is 6.82. The van der Waals surface area contributed by atoms with Gasteiger partial charge in [-0.2, -0.15) is 10.1 Å². The van der Waals surface area contributed by atoms with Crippen LogP contribution in [0.5, 0.6) is 0 Å². The van der Waals surface area contributed by atoms with Crippen LogP contribution < -0.4 is 10.6 Å². The Bertz CT molecular complexity index is 1280. The van der Waals surface area contributed by atoms with Crippen LogP contribution in [-0.2, 0) is 4.74 Å². The maximum Gasteiger partial charge on any atom is 0.224 e. The van der Waals surface area contributed by atoms with Gasteiger partial charge in [-0.25, -0.2) is 4.98 Å². The Balaban J connectivity index is 1.49. The molecule has 8 heteroatoms. The van der Waals surface area contributed by atoms with Crippen molar-refractivity contribution >= 4 is 49.8 Å². The predicted molar refractivity (Wildman–Crippen MR) is 123 cm³/mol. The van der Waals surface area contributed by atoms with Gasteiger partial charge >= 0.3 is 0 Å². The van der Waals surface area contributed by atoms with Crippen molar-refractivity contribution in [1.82, 2.24) is 20.2 Å². The van der Waals surface area contributed by atoms with Crippen LogP contribution in [0.15, 0.2) is 60.9 Å². The van der Waals surface area contributed by atoms with Gasteiger partial charge in [-0.05, 0) is 35.7 Å². The van der Waals surface area contributed by atoms with Crippen molar-refractivity contribution in [2.45, 2.75) is 0 Å². The summed E-state index contributed by atoms with van der Waals surface area (Å²) in [4.78, 5) is 9.98. The molecule has 0 saturated heterocycles. The average Bonchev–Trinajstić information content (AvgIpc) is 3.40. The molecule has 7 nitrogen and oxygen atoms in total. The molecule has 0 radical (unpaired) electrons. The third kappa shape index (κ3) is 3.70. The Kier molecular flexibility index (Phi) is 5.00. The third-order valence-corrected chi connectivity index (χ3v) is 5.91. The Morgan fingerprint density at radius 2 is 2.03 bits per heavy atom. The fourth-order valence-corrected chi connectivity index (χ4v) is 4.45. The first-order valence-corrected chi connectivity index (χ1v) is 10.4. The lowest BCUT2D eigenvalue weighted by molar-refractivity contribution is 0.210. The normalized spacial score (nSPS) is 11.2. The topological polar surface area (TPSA) is 87.8 Å². The zero-order chi connectivity index (χ0) is 20.3. The number of fused-ring (bicyclic) bond motifs is 2. The number of aromatic nitrogens is 4. The van der Waals surface area contributed by atoms with Gasteiger partial charge in [0.15, 0.2) is 0 Å². The van der Waals surface area contributed by atoms with Crippen LogP contribution in [0.2, 0.25) is 0 Å². The van der Waals surface area contributed by atoms with Crippen molar-refractivity contribution in [2.75, 3.05) is 30.9 Å². The Labute approximate surface area is 177 Å². The molecule has 3 N–H and O–H groups in total. The number of hydrogen-bond donors (Lipinski definition) is 3. The molecule has 5 aromatic rings. The quantitative estimate of drug-likeness (QED) is 0.322. The van der Waals surface area contributed by atoms with Crippen molar-refractivity contribution in [3.05, 3.63) is 60.9 Å². The summed E-state index contributed by atoms with van der Waals surface area (Å²) in [5.74, 6) is 1.28. The molecule has 2 aromatic carbocycles. The van der Waals surface area contributed by atoms with Crippen molar-refractivity contribution in [1.29, 1.82) is 0 Å². The molecule has 150 valence electrons. The van der Waals surface area contributed by atoms with E-state index in [0.717, 1.165) is 28.0 Å². The van der Waals surface area contributed by atoms with Gasteiger partial charge in [0.25, 0.3) is 0 Å². The molecule has 0 fully saturated rings. The molecule has 3 aromatic heterocycles. The summed E-state index contributed by atoms with van der Waals surface area (Å²) in [5.41, 5.74) is 3.08. The number of aromatic amines is 1. The van der Waals surface area contributed by atoms with Gasteiger partial charge in [0.1, 0.15) is 5.82 Å². The molecule has 3 heterocycles. The summed E-state index contributed by atoms with van der Waals surface area (Å²) >= 11 is 1.77. The number of thiophene rings is 1. The van der Waals surface area contributed by atoms with E-state index < -0.39 is 0 Å². The number of H-pyrrole nitrogens is 1. The summed E-state index contributed by atoms with van der Waals surface area (Å²) in [7, 11) is 1.67. The molecule has 30 heavy (non-hydrogen) atoms. The Hall–Kier alpha value is -3.49. The Morgan fingerprint density at radius 1 is 1.10 bits per heavy atom. The van der Waals surface area contributed by atoms with Crippen molar-refractivity contribution in [3.8, 4) is 10.4 Å². The van der Waals surface area contributed by atoms with Crippen LogP contribution in [0.3, 0.4) is 0 Å². The highest BCUT2D eigenvalue weighted by Crippen LogP contribution is 2.38. The third-order valence-electron chi connectivity index (χ3n) is 4.76. The lowest BCUT2D eigenvalue weighted by Gasteiger charge is -2.10. The molecule has 0 aliphatic carbocycles. The lowest BCUT2D eigenvalue weighted by Crippen LogP contribution is -2.10. The fraction of sp³-hybridized carbons (Fsp3) is 0.136. The van der Waals surface area contributed by atoms with Crippen LogP contribution in [0.4, 0.5) is 17.5 Å². The van der Waals surface area contributed by atoms with Gasteiger partial charge in [-0.3, -0.25) is 5.10 Å². The molecule has 0 spiro atoms. The van der Waals surface area contributed by atoms with Gasteiger partial charge in [0.05, 0.1) is 18.3 Å². The monoisotopic (exact) mass is 416 g/mol. The van der Waals surface area contributed by atoms with E-state index in [1.165, 1.54) is 15.0 Å². The van der Waals surface area contributed by atoms with Crippen LogP contribution in [-0.4, -0.2) is 40.4 Å². The second-order valence-corrected chi connectivity index (χ2v) is 7.90. The number of rotatable bonds is 7. The fourth-order valence-electron chi connectivity index (χ4n) is 3.36. The van der Waals surface area contributed by atoms with Gasteiger partial charge in [0.2, 0.25) is 5.95 Å². The molecular formula is C22H20N6OS. The maximum absolute atomic E-state index is 5.06. The minimum absolute atomic E-state index is 0.561. The van der Waals surface area contributed by atoms with Gasteiger partial charge < -0.3 is 15.4 Å².